The van der Waals surface area contributed by atoms with Gasteiger partial charge in [-0.05, 0) is 56.3 Å². The van der Waals surface area contributed by atoms with Crippen LogP contribution in [0.4, 0.5) is 0 Å². The van der Waals surface area contributed by atoms with E-state index in [1.54, 1.807) is 0 Å². The molecule has 0 spiro atoms. The molecule has 0 aliphatic heterocycles. The topological polar surface area (TPSA) is 120 Å². The molecular formula is C18H33O6Y. The number of aliphatic carboxylic acids is 3. The summed E-state index contributed by atoms with van der Waals surface area (Å²) in [6.45, 7) is 11.1. The summed E-state index contributed by atoms with van der Waals surface area (Å²) in [5, 5.41) is 30.2. The van der Waals surface area contributed by atoms with Crippen molar-refractivity contribution in [3.8, 4) is 0 Å². The number of rotatable bonds is 9. The van der Waals surface area contributed by atoms with E-state index >= 15 is 0 Å². The van der Waals surface area contributed by atoms with Crippen LogP contribution >= 0.6 is 0 Å². The van der Waals surface area contributed by atoms with Crippen LogP contribution in [0.15, 0.2) is 0 Å². The fourth-order valence-corrected chi connectivity index (χ4v) is 1.87. The van der Waals surface area contributed by atoms with E-state index < -0.39 is 17.9 Å². The number of carbonyl (C=O) groups is 3. The van der Waals surface area contributed by atoms with Gasteiger partial charge in [0.1, 0.15) is 0 Å². The van der Waals surface area contributed by atoms with Gasteiger partial charge in [0.15, 0.2) is 0 Å². The van der Waals surface area contributed by atoms with Crippen molar-refractivity contribution in [2.75, 3.05) is 0 Å². The average molecular weight is 434 g/mol. The molecule has 0 fully saturated rings. The van der Waals surface area contributed by atoms with E-state index in [4.69, 9.17) is 0 Å². The molecule has 6 nitrogen and oxygen atoms in total. The zero-order valence-electron chi connectivity index (χ0n) is 16.5. The van der Waals surface area contributed by atoms with Gasteiger partial charge in [-0.15, -0.1) is 0 Å². The van der Waals surface area contributed by atoms with Gasteiger partial charge in [-0.25, -0.2) is 0 Å². The van der Waals surface area contributed by atoms with Crippen molar-refractivity contribution < 1.29 is 62.4 Å². The Hall–Kier alpha value is -0.486. The van der Waals surface area contributed by atoms with Crippen molar-refractivity contribution in [2.24, 2.45) is 17.8 Å². The fraction of sp³-hybridized carbons (Fsp3) is 0.833. The average Bonchev–Trinajstić information content (AvgIpc) is 2.51. The standard InChI is InChI=1S/3C6H12O2.Y/c3*1-3-5(4-2)6(7)8;/h3*5H,3-4H2,1-2H3,(H,7,8);/q;;;+3/p-3. The summed E-state index contributed by atoms with van der Waals surface area (Å²) < 4.78 is 0. The van der Waals surface area contributed by atoms with Crippen molar-refractivity contribution in [3.05, 3.63) is 0 Å². The first-order valence-electron chi connectivity index (χ1n) is 8.78. The second-order valence-corrected chi connectivity index (χ2v) is 5.50. The molecule has 0 aromatic carbocycles. The Bertz CT molecular complexity index is 282. The Morgan fingerprint density at radius 1 is 0.520 bits per heavy atom. The van der Waals surface area contributed by atoms with Crippen LogP contribution in [0.2, 0.25) is 0 Å². The van der Waals surface area contributed by atoms with Crippen LogP contribution in [-0.4, -0.2) is 17.9 Å². The maximum atomic E-state index is 10.1. The Kier molecular flexibility index (Phi) is 27.8. The number of carboxylic acids is 3. The Morgan fingerprint density at radius 3 is 0.640 bits per heavy atom. The molecule has 0 aliphatic carbocycles. The second-order valence-electron chi connectivity index (χ2n) is 5.50. The van der Waals surface area contributed by atoms with Gasteiger partial charge >= 0.3 is 32.7 Å². The molecule has 0 aliphatic rings. The maximum Gasteiger partial charge on any atom is 3.00 e. The predicted octanol–water partition coefficient (Wildman–Crippen LogP) is 0.515. The summed E-state index contributed by atoms with van der Waals surface area (Å²) in [5.41, 5.74) is 0. The van der Waals surface area contributed by atoms with Crippen LogP contribution < -0.4 is 15.3 Å². The quantitative estimate of drug-likeness (QED) is 0.522. The van der Waals surface area contributed by atoms with Crippen molar-refractivity contribution in [2.45, 2.75) is 80.1 Å². The summed E-state index contributed by atoms with van der Waals surface area (Å²) in [5.74, 6) is -3.49. The fourth-order valence-electron chi connectivity index (χ4n) is 1.87. The van der Waals surface area contributed by atoms with E-state index in [1.165, 1.54) is 0 Å². The minimum atomic E-state index is -0.921. The summed E-state index contributed by atoms with van der Waals surface area (Å²) in [6.07, 6.45) is 4.08. The molecule has 0 amide bonds. The van der Waals surface area contributed by atoms with Gasteiger partial charge in [-0.2, -0.15) is 0 Å². The molecule has 0 N–H and O–H groups in total. The molecule has 0 bridgehead atoms. The van der Waals surface area contributed by atoms with Crippen LogP contribution in [-0.2, 0) is 47.1 Å². The van der Waals surface area contributed by atoms with Crippen LogP contribution in [0.25, 0.3) is 0 Å². The molecule has 0 aromatic rings. The van der Waals surface area contributed by atoms with E-state index in [-0.39, 0.29) is 50.5 Å². The van der Waals surface area contributed by atoms with E-state index in [9.17, 15) is 29.7 Å². The van der Waals surface area contributed by atoms with E-state index in [0.717, 1.165) is 0 Å². The molecule has 25 heavy (non-hydrogen) atoms. The van der Waals surface area contributed by atoms with Crippen LogP contribution in [0.5, 0.6) is 0 Å². The zero-order chi connectivity index (χ0) is 19.7. The van der Waals surface area contributed by atoms with Crippen molar-refractivity contribution >= 4 is 17.9 Å². The monoisotopic (exact) mass is 434 g/mol. The van der Waals surface area contributed by atoms with Gasteiger partial charge in [-0.1, -0.05) is 41.5 Å². The van der Waals surface area contributed by atoms with Crippen molar-refractivity contribution in [1.82, 2.24) is 0 Å². The van der Waals surface area contributed by atoms with E-state index in [1.807, 2.05) is 41.5 Å². The van der Waals surface area contributed by atoms with Crippen molar-refractivity contribution in [1.29, 1.82) is 0 Å². The molecule has 0 heterocycles. The second kappa shape index (κ2) is 21.6. The first kappa shape index (κ1) is 32.2. The van der Waals surface area contributed by atoms with Crippen molar-refractivity contribution in [3.63, 3.8) is 0 Å². The third kappa shape index (κ3) is 19.7. The van der Waals surface area contributed by atoms with Crippen LogP contribution in [0, 0.1) is 17.8 Å². The smallest absolute Gasteiger partial charge is 0.550 e. The van der Waals surface area contributed by atoms with Gasteiger partial charge < -0.3 is 29.7 Å². The molecule has 0 radical (unpaired) electrons. The SMILES string of the molecule is CCC(CC)C(=O)[O-].CCC(CC)C(=O)[O-].CCC(CC)C(=O)[O-].[Y+3]. The summed E-state index contributed by atoms with van der Waals surface area (Å²) in [4.78, 5) is 30.2. The molecule has 0 unspecified atom stereocenters. The summed E-state index contributed by atoms with van der Waals surface area (Å²) in [7, 11) is 0. The Labute approximate surface area is 177 Å². The molecular weight excluding hydrogens is 401 g/mol. The first-order valence-corrected chi connectivity index (χ1v) is 8.78. The van der Waals surface area contributed by atoms with Crippen LogP contribution in [0.3, 0.4) is 0 Å². The molecule has 0 atom stereocenters. The normalized spacial score (nSPS) is 9.48. The number of carbonyl (C=O) groups excluding carboxylic acids is 3. The van der Waals surface area contributed by atoms with Gasteiger partial charge in [-0.3, -0.25) is 0 Å². The summed E-state index contributed by atoms with van der Waals surface area (Å²) >= 11 is 0. The molecule has 0 aromatic heterocycles. The number of carboxylic acid groups (broad SMARTS) is 3. The maximum absolute atomic E-state index is 10.1. The molecule has 7 heteroatoms. The Morgan fingerprint density at radius 2 is 0.640 bits per heavy atom. The zero-order valence-corrected chi connectivity index (χ0v) is 19.3. The van der Waals surface area contributed by atoms with E-state index in [0.29, 0.717) is 38.5 Å². The third-order valence-electron chi connectivity index (χ3n) is 3.96. The molecule has 0 rings (SSSR count). The third-order valence-corrected chi connectivity index (χ3v) is 3.96. The molecule has 0 saturated carbocycles. The number of hydrogen-bond acceptors (Lipinski definition) is 6. The van der Waals surface area contributed by atoms with Gasteiger partial charge in [0.05, 0.1) is 0 Å². The molecule has 0 saturated heterocycles. The largest absolute Gasteiger partial charge is 3.00 e. The van der Waals surface area contributed by atoms with E-state index in [2.05, 4.69) is 0 Å². The Balaban J connectivity index is -0.000000130. The van der Waals surface area contributed by atoms with Crippen LogP contribution in [0.1, 0.15) is 80.1 Å². The minimum absolute atomic E-state index is 0. The predicted molar refractivity (Wildman–Crippen MR) is 87.2 cm³/mol. The van der Waals surface area contributed by atoms with Gasteiger partial charge in [0.2, 0.25) is 0 Å². The van der Waals surface area contributed by atoms with Gasteiger partial charge in [0.25, 0.3) is 0 Å². The first-order chi connectivity index (χ1) is 11.2. The minimum Gasteiger partial charge on any atom is -0.550 e. The summed E-state index contributed by atoms with van der Waals surface area (Å²) in [6, 6.07) is 0. The molecule has 144 valence electrons. The number of hydrogen-bond donors (Lipinski definition) is 0. The van der Waals surface area contributed by atoms with Gasteiger partial charge in [0, 0.05) is 17.9 Å².